The third kappa shape index (κ3) is 6.78. The SMILES string of the molecule is CCNC(=NCCNC(=O)c1ccco1)N(C)CCC1CCOCC1. The van der Waals surface area contributed by atoms with Gasteiger partial charge in [-0.05, 0) is 44.2 Å². The standard InChI is InChI=1S/C18H30N4O3/c1-3-19-18(22(2)11-6-15-7-13-24-14-8-15)21-10-9-20-17(23)16-5-4-12-25-16/h4-5,12,15H,3,6-11,13-14H2,1-2H3,(H,19,21)(H,20,23). The summed E-state index contributed by atoms with van der Waals surface area (Å²) in [6, 6.07) is 3.34. The number of guanidine groups is 1. The van der Waals surface area contributed by atoms with Gasteiger partial charge >= 0.3 is 0 Å². The number of carbonyl (C=O) groups is 1. The highest BCUT2D eigenvalue weighted by atomic mass is 16.5. The van der Waals surface area contributed by atoms with Gasteiger partial charge in [-0.15, -0.1) is 0 Å². The van der Waals surface area contributed by atoms with E-state index in [1.165, 1.54) is 6.26 Å². The van der Waals surface area contributed by atoms with Crippen LogP contribution in [0.5, 0.6) is 0 Å². The summed E-state index contributed by atoms with van der Waals surface area (Å²) in [5.74, 6) is 1.73. The molecular weight excluding hydrogens is 320 g/mol. The Morgan fingerprint density at radius 3 is 2.84 bits per heavy atom. The normalized spacial score (nSPS) is 15.8. The van der Waals surface area contributed by atoms with Crippen molar-refractivity contribution in [2.45, 2.75) is 26.2 Å². The largest absolute Gasteiger partial charge is 0.459 e. The van der Waals surface area contributed by atoms with Crippen molar-refractivity contribution in [3.05, 3.63) is 24.2 Å². The van der Waals surface area contributed by atoms with Gasteiger partial charge in [-0.25, -0.2) is 0 Å². The van der Waals surface area contributed by atoms with Crippen LogP contribution in [0.15, 0.2) is 27.8 Å². The van der Waals surface area contributed by atoms with Crippen LogP contribution in [0.1, 0.15) is 36.7 Å². The number of carbonyl (C=O) groups excluding carboxylic acids is 1. The van der Waals surface area contributed by atoms with Crippen LogP contribution in [0.3, 0.4) is 0 Å². The van der Waals surface area contributed by atoms with Crippen LogP contribution < -0.4 is 10.6 Å². The monoisotopic (exact) mass is 350 g/mol. The van der Waals surface area contributed by atoms with E-state index in [-0.39, 0.29) is 5.91 Å². The molecule has 0 aromatic carbocycles. The molecule has 140 valence electrons. The number of ether oxygens (including phenoxy) is 1. The summed E-state index contributed by atoms with van der Waals surface area (Å²) in [4.78, 5) is 18.5. The average molecular weight is 350 g/mol. The molecule has 1 aromatic rings. The molecule has 1 aliphatic rings. The number of nitrogens with zero attached hydrogens (tertiary/aromatic N) is 2. The predicted molar refractivity (Wildman–Crippen MR) is 97.8 cm³/mol. The lowest BCUT2D eigenvalue weighted by atomic mass is 9.96. The quantitative estimate of drug-likeness (QED) is 0.424. The Kier molecular flexibility index (Phi) is 8.31. The molecule has 2 N–H and O–H groups in total. The highest BCUT2D eigenvalue weighted by Crippen LogP contribution is 2.18. The van der Waals surface area contributed by atoms with Crippen LogP contribution >= 0.6 is 0 Å². The average Bonchev–Trinajstić information content (AvgIpc) is 3.18. The molecule has 0 atom stereocenters. The molecule has 0 radical (unpaired) electrons. The van der Waals surface area contributed by atoms with Crippen LogP contribution in [0.4, 0.5) is 0 Å². The molecule has 7 nitrogen and oxygen atoms in total. The number of hydrogen-bond donors (Lipinski definition) is 2. The number of hydrogen-bond acceptors (Lipinski definition) is 4. The Morgan fingerprint density at radius 1 is 1.36 bits per heavy atom. The van der Waals surface area contributed by atoms with Crippen LogP contribution in [-0.4, -0.2) is 63.2 Å². The summed E-state index contributed by atoms with van der Waals surface area (Å²) in [6.07, 6.45) is 4.95. The molecule has 1 fully saturated rings. The predicted octanol–water partition coefficient (Wildman–Crippen LogP) is 1.72. The maximum Gasteiger partial charge on any atom is 0.287 e. The van der Waals surface area contributed by atoms with Crippen molar-refractivity contribution in [2.75, 3.05) is 46.4 Å². The van der Waals surface area contributed by atoms with Crippen molar-refractivity contribution in [2.24, 2.45) is 10.9 Å². The highest BCUT2D eigenvalue weighted by molar-refractivity contribution is 5.91. The summed E-state index contributed by atoms with van der Waals surface area (Å²) in [6.45, 7) is 6.61. The van der Waals surface area contributed by atoms with E-state index < -0.39 is 0 Å². The molecule has 0 aliphatic carbocycles. The fourth-order valence-electron chi connectivity index (χ4n) is 2.81. The summed E-state index contributed by atoms with van der Waals surface area (Å²) < 4.78 is 10.5. The first-order valence-corrected chi connectivity index (χ1v) is 9.09. The second kappa shape index (κ2) is 10.8. The molecule has 0 saturated carbocycles. The zero-order valence-electron chi connectivity index (χ0n) is 15.3. The van der Waals surface area contributed by atoms with E-state index in [9.17, 15) is 4.79 Å². The van der Waals surface area contributed by atoms with E-state index in [0.717, 1.165) is 57.4 Å². The van der Waals surface area contributed by atoms with Crippen molar-refractivity contribution in [1.29, 1.82) is 0 Å². The Morgan fingerprint density at radius 2 is 2.16 bits per heavy atom. The van der Waals surface area contributed by atoms with Crippen LogP contribution in [0, 0.1) is 5.92 Å². The number of amides is 1. The highest BCUT2D eigenvalue weighted by Gasteiger charge is 2.15. The lowest BCUT2D eigenvalue weighted by Crippen LogP contribution is -2.40. The van der Waals surface area contributed by atoms with Crippen LogP contribution in [0.2, 0.25) is 0 Å². The van der Waals surface area contributed by atoms with E-state index >= 15 is 0 Å². The van der Waals surface area contributed by atoms with Gasteiger partial charge in [0.2, 0.25) is 0 Å². The number of aliphatic imine (C=N–C) groups is 1. The van der Waals surface area contributed by atoms with E-state index in [4.69, 9.17) is 9.15 Å². The fourth-order valence-corrected chi connectivity index (χ4v) is 2.81. The minimum atomic E-state index is -0.210. The van der Waals surface area contributed by atoms with Crippen LogP contribution in [0.25, 0.3) is 0 Å². The lowest BCUT2D eigenvalue weighted by Gasteiger charge is -2.26. The second-order valence-corrected chi connectivity index (χ2v) is 6.23. The molecule has 2 rings (SSSR count). The van der Waals surface area contributed by atoms with E-state index in [2.05, 4.69) is 34.5 Å². The zero-order chi connectivity index (χ0) is 17.9. The summed E-state index contributed by atoms with van der Waals surface area (Å²) in [5, 5.41) is 6.11. The van der Waals surface area contributed by atoms with Gasteiger partial charge in [0.15, 0.2) is 11.7 Å². The van der Waals surface area contributed by atoms with Crippen molar-refractivity contribution in [3.8, 4) is 0 Å². The lowest BCUT2D eigenvalue weighted by molar-refractivity contribution is 0.0625. The van der Waals surface area contributed by atoms with Crippen LogP contribution in [-0.2, 0) is 4.74 Å². The third-order valence-electron chi connectivity index (χ3n) is 4.31. The first-order chi connectivity index (χ1) is 12.2. The fraction of sp³-hybridized carbons (Fsp3) is 0.667. The summed E-state index contributed by atoms with van der Waals surface area (Å²) in [5.41, 5.74) is 0. The van der Waals surface area contributed by atoms with E-state index in [1.54, 1.807) is 12.1 Å². The topological polar surface area (TPSA) is 79.1 Å². The maximum absolute atomic E-state index is 11.8. The Labute approximate surface area is 149 Å². The molecule has 25 heavy (non-hydrogen) atoms. The van der Waals surface area contributed by atoms with E-state index in [1.807, 2.05) is 0 Å². The maximum atomic E-state index is 11.8. The first kappa shape index (κ1) is 19.3. The van der Waals surface area contributed by atoms with Gasteiger partial charge in [0, 0.05) is 39.9 Å². The minimum absolute atomic E-state index is 0.210. The Balaban J connectivity index is 1.73. The zero-order valence-corrected chi connectivity index (χ0v) is 15.3. The molecule has 0 spiro atoms. The number of nitrogens with one attached hydrogen (secondary N) is 2. The molecule has 1 aromatic heterocycles. The van der Waals surface area contributed by atoms with Gasteiger partial charge in [0.1, 0.15) is 0 Å². The third-order valence-corrected chi connectivity index (χ3v) is 4.31. The van der Waals surface area contributed by atoms with Crippen molar-refractivity contribution >= 4 is 11.9 Å². The van der Waals surface area contributed by atoms with Gasteiger partial charge in [0.25, 0.3) is 5.91 Å². The van der Waals surface area contributed by atoms with Crippen molar-refractivity contribution < 1.29 is 13.9 Å². The van der Waals surface area contributed by atoms with Gasteiger partial charge < -0.3 is 24.7 Å². The van der Waals surface area contributed by atoms with Crippen molar-refractivity contribution in [1.82, 2.24) is 15.5 Å². The molecule has 1 amide bonds. The molecule has 2 heterocycles. The summed E-state index contributed by atoms with van der Waals surface area (Å²) >= 11 is 0. The van der Waals surface area contributed by atoms with E-state index in [0.29, 0.717) is 18.8 Å². The second-order valence-electron chi connectivity index (χ2n) is 6.23. The first-order valence-electron chi connectivity index (χ1n) is 9.09. The van der Waals surface area contributed by atoms with Crippen molar-refractivity contribution in [3.63, 3.8) is 0 Å². The molecular formula is C18H30N4O3. The molecule has 0 unspecified atom stereocenters. The smallest absolute Gasteiger partial charge is 0.287 e. The van der Waals surface area contributed by atoms with Gasteiger partial charge in [-0.3, -0.25) is 9.79 Å². The van der Waals surface area contributed by atoms with Gasteiger partial charge in [-0.2, -0.15) is 0 Å². The number of furan rings is 1. The molecule has 1 aliphatic heterocycles. The van der Waals surface area contributed by atoms with Gasteiger partial charge in [0.05, 0.1) is 12.8 Å². The molecule has 7 heteroatoms. The summed E-state index contributed by atoms with van der Waals surface area (Å²) in [7, 11) is 2.06. The molecule has 1 saturated heterocycles. The Bertz CT molecular complexity index is 524. The minimum Gasteiger partial charge on any atom is -0.459 e. The Hall–Kier alpha value is -2.02. The molecule has 0 bridgehead atoms. The van der Waals surface area contributed by atoms with Gasteiger partial charge in [-0.1, -0.05) is 0 Å². The number of rotatable bonds is 8.